The molecule has 6 heteroatoms. The van der Waals surface area contributed by atoms with E-state index in [2.05, 4.69) is 4.98 Å². The molecule has 0 N–H and O–H groups in total. The molecule has 0 amide bonds. The van der Waals surface area contributed by atoms with Crippen LogP contribution in [0, 0.1) is 11.6 Å². The fourth-order valence-electron chi connectivity index (χ4n) is 2.21. The van der Waals surface area contributed by atoms with E-state index in [1.807, 2.05) is 29.6 Å². The summed E-state index contributed by atoms with van der Waals surface area (Å²) in [5, 5.41) is 2.62. The Morgan fingerprint density at radius 3 is 2.67 bits per heavy atom. The van der Waals surface area contributed by atoms with Crippen molar-refractivity contribution in [2.75, 3.05) is 0 Å². The second kappa shape index (κ2) is 7.68. The number of carbonyl (C=O) groups excluding carboxylic acids is 1. The molecule has 0 atom stereocenters. The van der Waals surface area contributed by atoms with Gasteiger partial charge in [-0.2, -0.15) is 0 Å². The Kier molecular flexibility index (Phi) is 5.37. The molecule has 2 aromatic carbocycles. The lowest BCUT2D eigenvalue weighted by molar-refractivity contribution is -0.117. The van der Waals surface area contributed by atoms with Crippen molar-refractivity contribution < 1.29 is 13.6 Å². The zero-order valence-electron chi connectivity index (χ0n) is 12.5. The summed E-state index contributed by atoms with van der Waals surface area (Å²) in [6, 6.07) is 10.8. The largest absolute Gasteiger partial charge is 0.299 e. The molecule has 0 saturated heterocycles. The minimum absolute atomic E-state index is 0.0533. The van der Waals surface area contributed by atoms with E-state index in [1.54, 1.807) is 6.20 Å². The number of rotatable bonds is 6. The standard InChI is InChI=1S/C18H13F2NOS2/c19-13-5-6-17(15(20)10-13)24-16-4-2-1-3-12(16)9-14(22)11-18-21-7-8-23-18/h1-8,10H,9,11H2. The van der Waals surface area contributed by atoms with E-state index in [1.165, 1.54) is 35.2 Å². The Balaban J connectivity index is 1.76. The van der Waals surface area contributed by atoms with Crippen molar-refractivity contribution in [2.45, 2.75) is 22.6 Å². The number of nitrogens with zero attached hydrogens (tertiary/aromatic N) is 1. The molecule has 0 aliphatic carbocycles. The molecule has 0 radical (unpaired) electrons. The van der Waals surface area contributed by atoms with Crippen molar-refractivity contribution in [3.05, 3.63) is 76.2 Å². The van der Waals surface area contributed by atoms with Gasteiger partial charge in [0.05, 0.1) is 11.4 Å². The van der Waals surface area contributed by atoms with Gasteiger partial charge in [-0.1, -0.05) is 30.0 Å². The molecule has 2 nitrogen and oxygen atoms in total. The number of halogens is 2. The van der Waals surface area contributed by atoms with E-state index >= 15 is 0 Å². The Labute approximate surface area is 146 Å². The number of benzene rings is 2. The van der Waals surface area contributed by atoms with Gasteiger partial charge >= 0.3 is 0 Å². The van der Waals surface area contributed by atoms with Crippen molar-refractivity contribution >= 4 is 28.9 Å². The van der Waals surface area contributed by atoms with Crippen LogP contribution in [-0.2, 0) is 17.6 Å². The van der Waals surface area contributed by atoms with Gasteiger partial charge in [0.25, 0.3) is 0 Å². The summed E-state index contributed by atoms with van der Waals surface area (Å²) in [4.78, 5) is 17.5. The van der Waals surface area contributed by atoms with Gasteiger partial charge in [-0.25, -0.2) is 13.8 Å². The van der Waals surface area contributed by atoms with E-state index in [0.717, 1.165) is 21.5 Å². The van der Waals surface area contributed by atoms with Crippen LogP contribution in [0.25, 0.3) is 0 Å². The first-order valence-electron chi connectivity index (χ1n) is 7.22. The van der Waals surface area contributed by atoms with E-state index in [4.69, 9.17) is 0 Å². The second-order valence-corrected chi connectivity index (χ2v) is 7.17. The lowest BCUT2D eigenvalue weighted by atomic mass is 10.1. The van der Waals surface area contributed by atoms with Crippen LogP contribution in [0.4, 0.5) is 8.78 Å². The molecule has 0 aliphatic heterocycles. The fourth-order valence-corrected chi connectivity index (χ4v) is 3.80. The van der Waals surface area contributed by atoms with Crippen molar-refractivity contribution in [3.8, 4) is 0 Å². The Morgan fingerprint density at radius 1 is 1.08 bits per heavy atom. The third kappa shape index (κ3) is 4.27. The molecule has 0 saturated carbocycles. The second-order valence-electron chi connectivity index (χ2n) is 5.10. The highest BCUT2D eigenvalue weighted by atomic mass is 32.2. The Morgan fingerprint density at radius 2 is 1.92 bits per heavy atom. The first-order chi connectivity index (χ1) is 11.6. The van der Waals surface area contributed by atoms with Crippen LogP contribution in [0.5, 0.6) is 0 Å². The maximum atomic E-state index is 13.8. The third-order valence-electron chi connectivity index (χ3n) is 3.31. The number of aromatic nitrogens is 1. The first-order valence-corrected chi connectivity index (χ1v) is 8.92. The maximum absolute atomic E-state index is 13.8. The predicted octanol–water partition coefficient (Wildman–Crippen LogP) is 4.93. The summed E-state index contributed by atoms with van der Waals surface area (Å²) in [6.07, 6.45) is 2.22. The van der Waals surface area contributed by atoms with Crippen LogP contribution in [0.2, 0.25) is 0 Å². The zero-order valence-corrected chi connectivity index (χ0v) is 14.2. The third-order valence-corrected chi connectivity index (χ3v) is 5.25. The molecule has 1 aromatic heterocycles. The van der Waals surface area contributed by atoms with Gasteiger partial charge in [-0.3, -0.25) is 4.79 Å². The average Bonchev–Trinajstić information content (AvgIpc) is 3.04. The Bertz CT molecular complexity index is 850. The van der Waals surface area contributed by atoms with Crippen molar-refractivity contribution in [1.29, 1.82) is 0 Å². The van der Waals surface area contributed by atoms with Crippen molar-refractivity contribution in [1.82, 2.24) is 4.98 Å². The zero-order chi connectivity index (χ0) is 16.9. The van der Waals surface area contributed by atoms with Crippen LogP contribution in [0.3, 0.4) is 0 Å². The highest BCUT2D eigenvalue weighted by Crippen LogP contribution is 2.32. The monoisotopic (exact) mass is 361 g/mol. The highest BCUT2D eigenvalue weighted by molar-refractivity contribution is 7.99. The molecule has 0 bridgehead atoms. The summed E-state index contributed by atoms with van der Waals surface area (Å²) in [5.41, 5.74) is 0.827. The number of hydrogen-bond donors (Lipinski definition) is 0. The minimum atomic E-state index is -0.608. The van der Waals surface area contributed by atoms with E-state index in [-0.39, 0.29) is 12.2 Å². The topological polar surface area (TPSA) is 30.0 Å². The number of hydrogen-bond acceptors (Lipinski definition) is 4. The van der Waals surface area contributed by atoms with Gasteiger partial charge in [-0.05, 0) is 23.8 Å². The van der Waals surface area contributed by atoms with E-state index in [0.29, 0.717) is 11.3 Å². The molecule has 3 aromatic rings. The van der Waals surface area contributed by atoms with Gasteiger partial charge in [0.15, 0.2) is 0 Å². The lowest BCUT2D eigenvalue weighted by Gasteiger charge is -2.09. The molecule has 0 fully saturated rings. The molecule has 3 rings (SSSR count). The van der Waals surface area contributed by atoms with Gasteiger partial charge in [0.1, 0.15) is 17.4 Å². The van der Waals surface area contributed by atoms with Gasteiger partial charge in [0.2, 0.25) is 0 Å². The SMILES string of the molecule is O=C(Cc1nccs1)Cc1ccccc1Sc1ccc(F)cc1F. The summed E-state index contributed by atoms with van der Waals surface area (Å²) < 4.78 is 26.9. The smallest absolute Gasteiger partial charge is 0.144 e. The van der Waals surface area contributed by atoms with Crippen LogP contribution >= 0.6 is 23.1 Å². The summed E-state index contributed by atoms with van der Waals surface area (Å²) >= 11 is 2.64. The number of Topliss-reactive ketones (excluding diaryl/α,β-unsaturated/α-hetero) is 1. The fraction of sp³-hybridized carbons (Fsp3) is 0.111. The lowest BCUT2D eigenvalue weighted by Crippen LogP contribution is -2.07. The first kappa shape index (κ1) is 16.8. The number of ketones is 1. The van der Waals surface area contributed by atoms with Gasteiger partial charge in [0, 0.05) is 33.9 Å². The van der Waals surface area contributed by atoms with Crippen LogP contribution in [0.15, 0.2) is 63.8 Å². The van der Waals surface area contributed by atoms with Crippen molar-refractivity contribution in [2.24, 2.45) is 0 Å². The Hall–Kier alpha value is -2.05. The van der Waals surface area contributed by atoms with Gasteiger partial charge < -0.3 is 0 Å². The molecular weight excluding hydrogens is 348 g/mol. The van der Waals surface area contributed by atoms with Crippen LogP contribution in [-0.4, -0.2) is 10.8 Å². The van der Waals surface area contributed by atoms with Gasteiger partial charge in [-0.15, -0.1) is 11.3 Å². The average molecular weight is 361 g/mol. The number of thiazole rings is 1. The minimum Gasteiger partial charge on any atom is -0.299 e. The molecule has 1 heterocycles. The van der Waals surface area contributed by atoms with Crippen molar-refractivity contribution in [3.63, 3.8) is 0 Å². The molecule has 24 heavy (non-hydrogen) atoms. The maximum Gasteiger partial charge on any atom is 0.144 e. The van der Waals surface area contributed by atoms with E-state index in [9.17, 15) is 13.6 Å². The quantitative estimate of drug-likeness (QED) is 0.624. The summed E-state index contributed by atoms with van der Waals surface area (Å²) in [5.74, 6) is -1.16. The molecule has 122 valence electrons. The van der Waals surface area contributed by atoms with Crippen LogP contribution in [0.1, 0.15) is 10.6 Å². The van der Waals surface area contributed by atoms with E-state index < -0.39 is 11.6 Å². The predicted molar refractivity (Wildman–Crippen MR) is 91.5 cm³/mol. The summed E-state index contributed by atoms with van der Waals surface area (Å²) in [6.45, 7) is 0. The normalized spacial score (nSPS) is 10.8. The molecule has 0 spiro atoms. The highest BCUT2D eigenvalue weighted by Gasteiger charge is 2.13. The molecule has 0 unspecified atom stereocenters. The molecular formula is C18H13F2NOS2. The van der Waals surface area contributed by atoms with Crippen LogP contribution < -0.4 is 0 Å². The molecule has 0 aliphatic rings. The number of carbonyl (C=O) groups is 1. The summed E-state index contributed by atoms with van der Waals surface area (Å²) in [7, 11) is 0.